The van der Waals surface area contributed by atoms with E-state index in [0.717, 1.165) is 11.0 Å². The second-order valence-electron chi connectivity index (χ2n) is 2.64. The number of aromatic amines is 2. The summed E-state index contributed by atoms with van der Waals surface area (Å²) in [4.78, 5) is 16.2. The number of hydrogen-bond donors (Lipinski definition) is 2. The number of aromatic nitrogens is 2. The first-order valence-corrected chi connectivity index (χ1v) is 4.06. The molecule has 4 nitrogen and oxygen atoms in total. The summed E-state index contributed by atoms with van der Waals surface area (Å²) in [5, 5.41) is 0. The molecule has 0 fully saturated rings. The maximum absolute atomic E-state index is 10.9. The van der Waals surface area contributed by atoms with Crippen molar-refractivity contribution in [1.82, 2.24) is 9.97 Å². The van der Waals surface area contributed by atoms with E-state index in [1.807, 2.05) is 6.92 Å². The summed E-state index contributed by atoms with van der Waals surface area (Å²) in [5.41, 5.74) is 1.28. The van der Waals surface area contributed by atoms with Crippen molar-refractivity contribution in [1.29, 1.82) is 0 Å². The van der Waals surface area contributed by atoms with Gasteiger partial charge in [-0.3, -0.25) is 0 Å². The molecule has 0 aliphatic heterocycles. The summed E-state index contributed by atoms with van der Waals surface area (Å²) < 4.78 is 5.23. The summed E-state index contributed by atoms with van der Waals surface area (Å²) in [6, 6.07) is 6.35. The van der Waals surface area contributed by atoms with E-state index in [0.29, 0.717) is 12.4 Å². The topological polar surface area (TPSA) is 57.9 Å². The number of fused-ring (bicyclic) bond motifs is 1. The fourth-order valence-electron chi connectivity index (χ4n) is 1.19. The second-order valence-corrected chi connectivity index (χ2v) is 2.64. The average molecular weight is 177 g/mol. The third-order valence-electron chi connectivity index (χ3n) is 1.72. The van der Waals surface area contributed by atoms with E-state index in [2.05, 4.69) is 16.0 Å². The van der Waals surface area contributed by atoms with Crippen LogP contribution >= 0.6 is 0 Å². The molecule has 0 saturated heterocycles. The van der Waals surface area contributed by atoms with Gasteiger partial charge in [-0.2, -0.15) is 0 Å². The maximum Gasteiger partial charge on any atom is 0.323 e. The highest BCUT2D eigenvalue weighted by atomic mass is 16.5. The van der Waals surface area contributed by atoms with E-state index in [9.17, 15) is 4.79 Å². The van der Waals surface area contributed by atoms with Crippen LogP contribution in [-0.2, 0) is 0 Å². The zero-order valence-corrected chi connectivity index (χ0v) is 7.18. The predicted octanol–water partition coefficient (Wildman–Crippen LogP) is 1.06. The molecule has 13 heavy (non-hydrogen) atoms. The van der Waals surface area contributed by atoms with E-state index in [-0.39, 0.29) is 5.69 Å². The number of rotatable bonds is 2. The molecule has 0 amide bonds. The minimum absolute atomic E-state index is 0.211. The summed E-state index contributed by atoms with van der Waals surface area (Å²) in [7, 11) is 0. The van der Waals surface area contributed by atoms with Gasteiger partial charge in [0.15, 0.2) is 0 Å². The number of ether oxygens (including phenoxy) is 1. The van der Waals surface area contributed by atoms with Gasteiger partial charge in [0.25, 0.3) is 0 Å². The van der Waals surface area contributed by atoms with Crippen molar-refractivity contribution in [3.05, 3.63) is 28.7 Å². The highest BCUT2D eigenvalue weighted by Gasteiger charge is 1.99. The Balaban J connectivity index is 2.54. The van der Waals surface area contributed by atoms with Crippen LogP contribution < -0.4 is 10.4 Å². The predicted molar refractivity (Wildman–Crippen MR) is 48.9 cm³/mol. The Morgan fingerprint density at radius 1 is 1.46 bits per heavy atom. The third-order valence-corrected chi connectivity index (χ3v) is 1.72. The third kappa shape index (κ3) is 1.42. The lowest BCUT2D eigenvalue weighted by molar-refractivity contribution is 0.340. The Kier molecular flexibility index (Phi) is 1.81. The van der Waals surface area contributed by atoms with Crippen molar-refractivity contribution in [2.45, 2.75) is 6.92 Å². The minimum atomic E-state index is -0.211. The molecule has 1 heterocycles. The zero-order valence-electron chi connectivity index (χ0n) is 7.18. The van der Waals surface area contributed by atoms with Crippen molar-refractivity contribution in [2.24, 2.45) is 0 Å². The highest BCUT2D eigenvalue weighted by molar-refractivity contribution is 5.75. The lowest BCUT2D eigenvalue weighted by Crippen LogP contribution is -1.99. The highest BCUT2D eigenvalue weighted by Crippen LogP contribution is 2.15. The fourth-order valence-corrected chi connectivity index (χ4v) is 1.19. The smallest absolute Gasteiger partial charge is 0.323 e. The quantitative estimate of drug-likeness (QED) is 0.720. The van der Waals surface area contributed by atoms with Crippen LogP contribution in [0.5, 0.6) is 5.75 Å². The summed E-state index contributed by atoms with van der Waals surface area (Å²) in [6.45, 7) is 2.49. The SMILES string of the molecule is CCOc1[c]cc2[nH]c(=O)[nH]c2c1. The summed E-state index contributed by atoms with van der Waals surface area (Å²) >= 11 is 0. The molecular formula is C9H9N2O2. The van der Waals surface area contributed by atoms with Crippen LogP contribution in [0, 0.1) is 6.07 Å². The monoisotopic (exact) mass is 177 g/mol. The number of H-pyrrole nitrogens is 2. The lowest BCUT2D eigenvalue weighted by Gasteiger charge is -2.00. The van der Waals surface area contributed by atoms with Crippen molar-refractivity contribution in [2.75, 3.05) is 6.61 Å². The van der Waals surface area contributed by atoms with Gasteiger partial charge in [-0.05, 0) is 13.0 Å². The average Bonchev–Trinajstić information content (AvgIpc) is 2.44. The molecule has 4 heteroatoms. The number of nitrogens with one attached hydrogen (secondary N) is 2. The van der Waals surface area contributed by atoms with Crippen molar-refractivity contribution in [3.8, 4) is 5.75 Å². The van der Waals surface area contributed by atoms with Crippen LogP contribution in [0.25, 0.3) is 11.0 Å². The first-order chi connectivity index (χ1) is 6.29. The molecule has 2 rings (SSSR count). The van der Waals surface area contributed by atoms with Gasteiger partial charge in [0.2, 0.25) is 0 Å². The number of hydrogen-bond acceptors (Lipinski definition) is 2. The molecular weight excluding hydrogens is 168 g/mol. The standard InChI is InChI=1S/C9H9N2O2/c1-2-13-6-3-4-7-8(5-6)11-9(12)10-7/h4-5H,2H2,1H3,(H2,10,11,12). The first kappa shape index (κ1) is 7.91. The van der Waals surface area contributed by atoms with Crippen molar-refractivity contribution < 1.29 is 4.74 Å². The lowest BCUT2D eigenvalue weighted by atomic mass is 10.3. The molecule has 0 bridgehead atoms. The van der Waals surface area contributed by atoms with Crippen molar-refractivity contribution >= 4 is 11.0 Å². The Morgan fingerprint density at radius 2 is 2.23 bits per heavy atom. The molecule has 1 aromatic heterocycles. The Morgan fingerprint density at radius 3 is 3.00 bits per heavy atom. The van der Waals surface area contributed by atoms with E-state index in [1.165, 1.54) is 0 Å². The normalized spacial score (nSPS) is 10.5. The van der Waals surface area contributed by atoms with E-state index in [1.54, 1.807) is 12.1 Å². The summed E-state index contributed by atoms with van der Waals surface area (Å²) in [5.74, 6) is 0.644. The van der Waals surface area contributed by atoms with Crippen LogP contribution in [0.1, 0.15) is 6.92 Å². The summed E-state index contributed by atoms with van der Waals surface area (Å²) in [6.07, 6.45) is 0. The van der Waals surface area contributed by atoms with Gasteiger partial charge in [-0.1, -0.05) is 0 Å². The van der Waals surface area contributed by atoms with Gasteiger partial charge in [0, 0.05) is 12.1 Å². The molecule has 0 saturated carbocycles. The van der Waals surface area contributed by atoms with Gasteiger partial charge < -0.3 is 14.7 Å². The molecule has 2 N–H and O–H groups in total. The molecule has 0 atom stereocenters. The van der Waals surface area contributed by atoms with Crippen LogP contribution in [0.3, 0.4) is 0 Å². The minimum Gasteiger partial charge on any atom is -0.493 e. The van der Waals surface area contributed by atoms with Crippen LogP contribution in [0.2, 0.25) is 0 Å². The van der Waals surface area contributed by atoms with Crippen LogP contribution in [-0.4, -0.2) is 16.6 Å². The maximum atomic E-state index is 10.9. The Hall–Kier alpha value is -1.71. The second kappa shape index (κ2) is 2.97. The van der Waals surface area contributed by atoms with Gasteiger partial charge in [-0.25, -0.2) is 4.79 Å². The van der Waals surface area contributed by atoms with Gasteiger partial charge in [-0.15, -0.1) is 0 Å². The van der Waals surface area contributed by atoms with Crippen molar-refractivity contribution in [3.63, 3.8) is 0 Å². The van der Waals surface area contributed by atoms with E-state index < -0.39 is 0 Å². The largest absolute Gasteiger partial charge is 0.493 e. The molecule has 0 aliphatic carbocycles. The first-order valence-electron chi connectivity index (χ1n) is 4.06. The van der Waals surface area contributed by atoms with E-state index in [4.69, 9.17) is 4.74 Å². The Labute approximate surface area is 74.5 Å². The van der Waals surface area contributed by atoms with Crippen LogP contribution in [0.15, 0.2) is 16.9 Å². The molecule has 0 spiro atoms. The fraction of sp³-hybridized carbons (Fsp3) is 0.222. The Bertz CT molecular complexity index is 470. The van der Waals surface area contributed by atoms with E-state index >= 15 is 0 Å². The molecule has 1 radical (unpaired) electrons. The van der Waals surface area contributed by atoms with Crippen LogP contribution in [0.4, 0.5) is 0 Å². The molecule has 67 valence electrons. The van der Waals surface area contributed by atoms with Gasteiger partial charge >= 0.3 is 5.69 Å². The molecule has 1 aromatic carbocycles. The van der Waals surface area contributed by atoms with Gasteiger partial charge in [0.1, 0.15) is 5.75 Å². The number of imidazole rings is 1. The zero-order chi connectivity index (χ0) is 9.26. The molecule has 0 aliphatic rings. The molecule has 0 unspecified atom stereocenters. The number of benzene rings is 1. The molecule has 2 aromatic rings. The van der Waals surface area contributed by atoms with Gasteiger partial charge in [0.05, 0.1) is 17.6 Å².